The molecule has 2 aromatic carbocycles. The van der Waals surface area contributed by atoms with Gasteiger partial charge in [-0.1, -0.05) is 74.5 Å². The van der Waals surface area contributed by atoms with Crippen molar-refractivity contribution >= 4 is 23.8 Å². The highest BCUT2D eigenvalue weighted by Crippen LogP contribution is 2.10. The summed E-state index contributed by atoms with van der Waals surface area (Å²) in [4.78, 5) is 52.6. The first-order valence-corrected chi connectivity index (χ1v) is 13.5. The van der Waals surface area contributed by atoms with E-state index >= 15 is 0 Å². The summed E-state index contributed by atoms with van der Waals surface area (Å²) in [6.45, 7) is 3.54. The van der Waals surface area contributed by atoms with Crippen LogP contribution in [-0.4, -0.2) is 72.6 Å². The van der Waals surface area contributed by atoms with Gasteiger partial charge in [0.05, 0.1) is 12.6 Å². The van der Waals surface area contributed by atoms with Gasteiger partial charge in [0, 0.05) is 26.9 Å². The molecular weight excluding hydrogens is 512 g/mol. The molecule has 0 aliphatic heterocycles. The summed E-state index contributed by atoms with van der Waals surface area (Å²) in [5.41, 5.74) is 1.63. The molecule has 0 aliphatic carbocycles. The van der Waals surface area contributed by atoms with Gasteiger partial charge in [0.15, 0.2) is 0 Å². The molecule has 10 nitrogen and oxygen atoms in total. The quantitative estimate of drug-likeness (QED) is 0.267. The van der Waals surface area contributed by atoms with Gasteiger partial charge in [-0.2, -0.15) is 0 Å². The van der Waals surface area contributed by atoms with Gasteiger partial charge in [0.1, 0.15) is 18.7 Å². The van der Waals surface area contributed by atoms with Crippen molar-refractivity contribution in [1.82, 2.24) is 20.9 Å². The Hall–Kier alpha value is -3.92. The molecule has 0 fully saturated rings. The molecule has 0 spiro atoms. The predicted molar refractivity (Wildman–Crippen MR) is 152 cm³/mol. The number of nitrogens with zero attached hydrogens (tertiary/aromatic N) is 1. The minimum atomic E-state index is -0.981. The van der Waals surface area contributed by atoms with Crippen LogP contribution in [0.15, 0.2) is 60.7 Å². The van der Waals surface area contributed by atoms with E-state index in [9.17, 15) is 24.3 Å². The number of aliphatic hydroxyl groups is 1. The number of benzene rings is 2. The third kappa shape index (κ3) is 11.9. The smallest absolute Gasteiger partial charge is 0.408 e. The zero-order chi connectivity index (χ0) is 29.5. The second kappa shape index (κ2) is 16.9. The summed E-state index contributed by atoms with van der Waals surface area (Å²) < 4.78 is 5.30. The number of aliphatic hydroxyl groups excluding tert-OH is 1. The number of carbonyl (C=O) groups excluding carboxylic acids is 4. The molecule has 0 unspecified atom stereocenters. The number of carbonyl (C=O) groups is 4. The number of hydrogen-bond donors (Lipinski definition) is 4. The van der Waals surface area contributed by atoms with Crippen LogP contribution in [0.1, 0.15) is 44.2 Å². The maximum atomic E-state index is 13.4. The Morgan fingerprint density at radius 3 is 1.95 bits per heavy atom. The van der Waals surface area contributed by atoms with Crippen molar-refractivity contribution in [1.29, 1.82) is 0 Å². The van der Waals surface area contributed by atoms with E-state index in [1.807, 2.05) is 74.5 Å². The Labute approximate surface area is 236 Å². The van der Waals surface area contributed by atoms with Gasteiger partial charge < -0.3 is 30.7 Å². The Kier molecular flexibility index (Phi) is 13.7. The summed E-state index contributed by atoms with van der Waals surface area (Å²) in [5, 5.41) is 18.0. The van der Waals surface area contributed by atoms with Gasteiger partial charge in [-0.25, -0.2) is 4.79 Å². The van der Waals surface area contributed by atoms with Crippen molar-refractivity contribution in [3.8, 4) is 0 Å². The van der Waals surface area contributed by atoms with Crippen LogP contribution in [0.4, 0.5) is 4.79 Å². The normalized spacial score (nSPS) is 13.1. The maximum Gasteiger partial charge on any atom is 0.408 e. The molecule has 0 aromatic heterocycles. The lowest BCUT2D eigenvalue weighted by molar-refractivity contribution is -0.131. The Bertz CT molecular complexity index is 1080. The number of alkyl carbamates (subject to hydrolysis) is 1. The highest BCUT2D eigenvalue weighted by Gasteiger charge is 2.29. The average Bonchev–Trinajstić information content (AvgIpc) is 2.93. The number of hydrogen-bond acceptors (Lipinski definition) is 6. The van der Waals surface area contributed by atoms with Crippen LogP contribution < -0.4 is 16.0 Å². The SMILES string of the molecule is CC(C)C[C@H](NC(=O)OCc1ccccc1)C(=O)N[C@@H](Cc1ccccc1)C(=O)N[C@H](CO)CCC(=O)N(C)C. The standard InChI is InChI=1S/C30H42N4O6/c1-21(2)17-25(33-30(39)40-20-23-13-9-6-10-14-23)29(38)32-26(18-22-11-7-5-8-12-22)28(37)31-24(19-35)15-16-27(36)34(3)4/h5-14,21,24-26,35H,15-20H2,1-4H3,(H,31,37)(H,32,38)(H,33,39)/t24-,25-,26-/m0/s1. The van der Waals surface area contributed by atoms with Crippen LogP contribution in [0, 0.1) is 5.92 Å². The molecule has 0 bridgehead atoms. The summed E-state index contributed by atoms with van der Waals surface area (Å²) in [7, 11) is 3.28. The van der Waals surface area contributed by atoms with Crippen molar-refractivity contribution in [3.05, 3.63) is 71.8 Å². The van der Waals surface area contributed by atoms with E-state index in [1.165, 1.54) is 4.90 Å². The monoisotopic (exact) mass is 554 g/mol. The Morgan fingerprint density at radius 2 is 1.40 bits per heavy atom. The van der Waals surface area contributed by atoms with Crippen LogP contribution in [0.3, 0.4) is 0 Å². The lowest BCUT2D eigenvalue weighted by Gasteiger charge is -2.26. The second-order valence-corrected chi connectivity index (χ2v) is 10.4. The van der Waals surface area contributed by atoms with E-state index in [-0.39, 0.29) is 44.3 Å². The van der Waals surface area contributed by atoms with E-state index in [0.717, 1.165) is 11.1 Å². The van der Waals surface area contributed by atoms with Crippen LogP contribution in [0.25, 0.3) is 0 Å². The summed E-state index contributed by atoms with van der Waals surface area (Å²) in [6, 6.07) is 15.8. The fourth-order valence-corrected chi connectivity index (χ4v) is 3.97. The minimum Gasteiger partial charge on any atom is -0.445 e. The Balaban J connectivity index is 2.12. The van der Waals surface area contributed by atoms with E-state index in [1.54, 1.807) is 14.1 Å². The number of rotatable bonds is 15. The van der Waals surface area contributed by atoms with E-state index in [4.69, 9.17) is 4.74 Å². The van der Waals surface area contributed by atoms with Gasteiger partial charge in [-0.3, -0.25) is 14.4 Å². The fourth-order valence-electron chi connectivity index (χ4n) is 3.97. The highest BCUT2D eigenvalue weighted by atomic mass is 16.5. The van der Waals surface area contributed by atoms with Crippen LogP contribution >= 0.6 is 0 Å². The zero-order valence-corrected chi connectivity index (χ0v) is 23.8. The third-order valence-electron chi connectivity index (χ3n) is 6.22. The first kappa shape index (κ1) is 32.3. The van der Waals surface area contributed by atoms with Crippen molar-refractivity contribution in [2.24, 2.45) is 5.92 Å². The summed E-state index contributed by atoms with van der Waals surface area (Å²) >= 11 is 0. The van der Waals surface area contributed by atoms with E-state index < -0.39 is 36.0 Å². The molecule has 3 atom stereocenters. The average molecular weight is 555 g/mol. The van der Waals surface area contributed by atoms with Crippen LogP contribution in [0.2, 0.25) is 0 Å². The molecule has 0 radical (unpaired) electrons. The van der Waals surface area contributed by atoms with E-state index in [2.05, 4.69) is 16.0 Å². The molecule has 10 heteroatoms. The van der Waals surface area contributed by atoms with Gasteiger partial charge in [-0.15, -0.1) is 0 Å². The van der Waals surface area contributed by atoms with Crippen LogP contribution in [-0.2, 0) is 32.1 Å². The van der Waals surface area contributed by atoms with Gasteiger partial charge in [-0.05, 0) is 29.9 Å². The third-order valence-corrected chi connectivity index (χ3v) is 6.22. The first-order valence-electron chi connectivity index (χ1n) is 13.5. The van der Waals surface area contributed by atoms with Gasteiger partial charge in [0.25, 0.3) is 0 Å². The van der Waals surface area contributed by atoms with Gasteiger partial charge >= 0.3 is 6.09 Å². The molecule has 218 valence electrons. The molecule has 0 heterocycles. The molecule has 0 saturated heterocycles. The lowest BCUT2D eigenvalue weighted by atomic mass is 10.0. The fraction of sp³-hybridized carbons (Fsp3) is 0.467. The summed E-state index contributed by atoms with van der Waals surface area (Å²) in [5.74, 6) is -1.07. The van der Waals surface area contributed by atoms with Crippen molar-refractivity contribution < 1.29 is 29.0 Å². The maximum absolute atomic E-state index is 13.4. The van der Waals surface area contributed by atoms with Crippen molar-refractivity contribution in [2.75, 3.05) is 20.7 Å². The molecule has 0 saturated carbocycles. The molecule has 40 heavy (non-hydrogen) atoms. The first-order chi connectivity index (χ1) is 19.1. The number of nitrogens with one attached hydrogen (secondary N) is 3. The molecule has 4 amide bonds. The Morgan fingerprint density at radius 1 is 0.825 bits per heavy atom. The zero-order valence-electron chi connectivity index (χ0n) is 23.8. The highest BCUT2D eigenvalue weighted by molar-refractivity contribution is 5.91. The topological polar surface area (TPSA) is 137 Å². The minimum absolute atomic E-state index is 0.0562. The lowest BCUT2D eigenvalue weighted by Crippen LogP contribution is -2.56. The second-order valence-electron chi connectivity index (χ2n) is 10.4. The largest absolute Gasteiger partial charge is 0.445 e. The molecule has 4 N–H and O–H groups in total. The molecule has 2 aromatic rings. The molecule has 2 rings (SSSR count). The van der Waals surface area contributed by atoms with E-state index in [0.29, 0.717) is 6.42 Å². The van der Waals surface area contributed by atoms with Crippen molar-refractivity contribution in [3.63, 3.8) is 0 Å². The summed E-state index contributed by atoms with van der Waals surface area (Å²) in [6.07, 6.45) is 0.188. The van der Waals surface area contributed by atoms with Crippen molar-refractivity contribution in [2.45, 2.75) is 64.3 Å². The number of ether oxygens (including phenoxy) is 1. The van der Waals surface area contributed by atoms with Crippen LogP contribution in [0.5, 0.6) is 0 Å². The predicted octanol–water partition coefficient (Wildman–Crippen LogP) is 2.40. The molecular formula is C30H42N4O6. The van der Waals surface area contributed by atoms with Gasteiger partial charge in [0.2, 0.25) is 17.7 Å². The number of amides is 4. The molecule has 0 aliphatic rings.